The zero-order chi connectivity index (χ0) is 13.9. The third-order valence-corrected chi connectivity index (χ3v) is 4.79. The molecule has 0 amide bonds. The van der Waals surface area contributed by atoms with Crippen molar-refractivity contribution in [3.05, 3.63) is 53.6 Å². The van der Waals surface area contributed by atoms with Gasteiger partial charge in [-0.1, -0.05) is 17.7 Å². The van der Waals surface area contributed by atoms with Crippen molar-refractivity contribution in [3.8, 4) is 0 Å². The summed E-state index contributed by atoms with van der Waals surface area (Å²) in [6.07, 6.45) is 4.70. The zero-order valence-corrected chi connectivity index (χ0v) is 11.8. The molecule has 2 aromatic heterocycles. The van der Waals surface area contributed by atoms with Gasteiger partial charge in [-0.05, 0) is 23.8 Å². The van der Waals surface area contributed by atoms with Crippen molar-refractivity contribution < 1.29 is 8.42 Å². The van der Waals surface area contributed by atoms with E-state index in [1.165, 1.54) is 29.7 Å². The minimum absolute atomic E-state index is 0.00283. The molecule has 0 atom stereocenters. The number of hydrogen-bond acceptors (Lipinski definition) is 4. The third kappa shape index (κ3) is 3.09. The average molecular weight is 298 g/mol. The van der Waals surface area contributed by atoms with Gasteiger partial charge in [0.2, 0.25) is 10.0 Å². The van der Waals surface area contributed by atoms with Crippen LogP contribution in [0, 0.1) is 0 Å². The van der Waals surface area contributed by atoms with Gasteiger partial charge >= 0.3 is 0 Å². The van der Waals surface area contributed by atoms with Crippen LogP contribution in [-0.4, -0.2) is 29.7 Å². The topological polar surface area (TPSA) is 63.2 Å². The number of nitrogens with zero attached hydrogens (tertiary/aromatic N) is 3. The quantitative estimate of drug-likeness (QED) is 0.809. The van der Waals surface area contributed by atoms with E-state index in [0.717, 1.165) is 5.56 Å². The van der Waals surface area contributed by atoms with Crippen LogP contribution in [0.5, 0.6) is 0 Å². The molecule has 0 aliphatic rings. The van der Waals surface area contributed by atoms with Crippen molar-refractivity contribution in [3.63, 3.8) is 0 Å². The third-order valence-electron chi connectivity index (χ3n) is 2.54. The Hall–Kier alpha value is -1.50. The first kappa shape index (κ1) is 13.9. The molecule has 2 rings (SSSR count). The van der Waals surface area contributed by atoms with E-state index in [1.807, 2.05) is 6.07 Å². The van der Waals surface area contributed by atoms with Crippen LogP contribution >= 0.6 is 11.6 Å². The molecular weight excluding hydrogens is 286 g/mol. The van der Waals surface area contributed by atoms with Gasteiger partial charge < -0.3 is 0 Å². The second kappa shape index (κ2) is 5.64. The van der Waals surface area contributed by atoms with E-state index in [4.69, 9.17) is 11.6 Å². The summed E-state index contributed by atoms with van der Waals surface area (Å²) >= 11 is 5.83. The molecule has 0 radical (unpaired) electrons. The lowest BCUT2D eigenvalue weighted by Crippen LogP contribution is -2.27. The van der Waals surface area contributed by atoms with Crippen LogP contribution in [0.3, 0.4) is 0 Å². The first-order chi connectivity index (χ1) is 9.01. The predicted octanol–water partition coefficient (Wildman–Crippen LogP) is 1.95. The summed E-state index contributed by atoms with van der Waals surface area (Å²) in [6, 6.07) is 6.54. The maximum absolute atomic E-state index is 12.3. The number of pyridine rings is 2. The first-order valence-corrected chi connectivity index (χ1v) is 7.29. The van der Waals surface area contributed by atoms with Crippen LogP contribution in [0.25, 0.3) is 0 Å². The lowest BCUT2D eigenvalue weighted by Gasteiger charge is -2.17. The van der Waals surface area contributed by atoms with Gasteiger partial charge in [0.25, 0.3) is 0 Å². The number of rotatable bonds is 4. The molecule has 7 heteroatoms. The van der Waals surface area contributed by atoms with Crippen LogP contribution in [0.4, 0.5) is 0 Å². The largest absolute Gasteiger partial charge is 0.264 e. The highest BCUT2D eigenvalue weighted by molar-refractivity contribution is 7.89. The maximum atomic E-state index is 12.3. The summed E-state index contributed by atoms with van der Waals surface area (Å²) in [5, 5.41) is -0.0273. The molecule has 19 heavy (non-hydrogen) atoms. The van der Waals surface area contributed by atoms with Gasteiger partial charge in [0.15, 0.2) is 0 Å². The van der Waals surface area contributed by atoms with Crippen molar-refractivity contribution >= 4 is 21.6 Å². The molecule has 0 aromatic carbocycles. The smallest absolute Gasteiger partial charge is 0.246 e. The molecule has 0 saturated heterocycles. The lowest BCUT2D eigenvalue weighted by molar-refractivity contribution is 0.466. The number of sulfonamides is 1. The fourth-order valence-corrected chi connectivity index (χ4v) is 3.15. The van der Waals surface area contributed by atoms with Crippen LogP contribution in [-0.2, 0) is 16.6 Å². The van der Waals surface area contributed by atoms with Crippen LogP contribution in [0.15, 0.2) is 47.8 Å². The molecule has 100 valence electrons. The van der Waals surface area contributed by atoms with E-state index >= 15 is 0 Å². The molecule has 2 heterocycles. The second-order valence-electron chi connectivity index (χ2n) is 3.91. The normalized spacial score (nSPS) is 11.7. The monoisotopic (exact) mass is 297 g/mol. The number of halogens is 1. The van der Waals surface area contributed by atoms with Gasteiger partial charge in [-0.15, -0.1) is 0 Å². The van der Waals surface area contributed by atoms with Gasteiger partial charge in [0, 0.05) is 32.2 Å². The molecule has 2 aromatic rings. The standard InChI is InChI=1S/C12H12ClN3O2S/c1-16(9-10-4-2-6-14-8-10)19(17,18)11-5-3-7-15-12(11)13/h2-8H,9H2,1H3. The molecule has 0 aliphatic heterocycles. The van der Waals surface area contributed by atoms with Crippen LogP contribution in [0.1, 0.15) is 5.56 Å². The summed E-state index contributed by atoms with van der Waals surface area (Å²) in [6.45, 7) is 0.224. The molecule has 0 N–H and O–H groups in total. The Bertz CT molecular complexity index is 662. The molecule has 0 fully saturated rings. The summed E-state index contributed by atoms with van der Waals surface area (Å²) in [7, 11) is -2.17. The number of hydrogen-bond donors (Lipinski definition) is 0. The minimum Gasteiger partial charge on any atom is -0.264 e. The van der Waals surface area contributed by atoms with E-state index in [0.29, 0.717) is 0 Å². The van der Waals surface area contributed by atoms with Gasteiger partial charge in [0.05, 0.1) is 0 Å². The molecule has 0 aliphatic carbocycles. The fourth-order valence-electron chi connectivity index (χ4n) is 1.57. The molecule has 0 unspecified atom stereocenters. The van der Waals surface area contributed by atoms with Crippen LogP contribution < -0.4 is 0 Å². The highest BCUT2D eigenvalue weighted by Crippen LogP contribution is 2.22. The predicted molar refractivity (Wildman–Crippen MR) is 72.1 cm³/mol. The van der Waals surface area contributed by atoms with Crippen LogP contribution in [0.2, 0.25) is 5.15 Å². The number of aromatic nitrogens is 2. The van der Waals surface area contributed by atoms with Crippen molar-refractivity contribution in [1.82, 2.24) is 14.3 Å². The minimum atomic E-state index is -3.66. The van der Waals surface area contributed by atoms with E-state index in [-0.39, 0.29) is 16.6 Å². The molecule has 5 nitrogen and oxygen atoms in total. The van der Waals surface area contributed by atoms with E-state index in [1.54, 1.807) is 18.5 Å². The SMILES string of the molecule is CN(Cc1cccnc1)S(=O)(=O)c1cccnc1Cl. The summed E-state index contributed by atoms with van der Waals surface area (Å²) in [5.74, 6) is 0. The Balaban J connectivity index is 2.28. The van der Waals surface area contributed by atoms with Crippen molar-refractivity contribution in [2.75, 3.05) is 7.05 Å². The van der Waals surface area contributed by atoms with Crippen molar-refractivity contribution in [2.24, 2.45) is 0 Å². The van der Waals surface area contributed by atoms with Gasteiger partial charge in [0.1, 0.15) is 10.0 Å². The Labute approximate surface area is 116 Å². The van der Waals surface area contributed by atoms with Gasteiger partial charge in [-0.3, -0.25) is 4.98 Å². The Morgan fingerprint density at radius 2 is 2.00 bits per heavy atom. The van der Waals surface area contributed by atoms with Crippen molar-refractivity contribution in [1.29, 1.82) is 0 Å². The first-order valence-electron chi connectivity index (χ1n) is 5.47. The Morgan fingerprint density at radius 3 is 2.63 bits per heavy atom. The van der Waals surface area contributed by atoms with Crippen molar-refractivity contribution in [2.45, 2.75) is 11.4 Å². The molecule has 0 bridgehead atoms. The summed E-state index contributed by atoms with van der Waals surface area (Å²) < 4.78 is 25.9. The zero-order valence-electron chi connectivity index (χ0n) is 10.2. The fraction of sp³-hybridized carbons (Fsp3) is 0.167. The van der Waals surface area contributed by atoms with E-state index in [9.17, 15) is 8.42 Å². The van der Waals surface area contributed by atoms with E-state index < -0.39 is 10.0 Å². The maximum Gasteiger partial charge on any atom is 0.246 e. The summed E-state index contributed by atoms with van der Waals surface area (Å²) in [5.41, 5.74) is 0.800. The highest BCUT2D eigenvalue weighted by atomic mass is 35.5. The van der Waals surface area contributed by atoms with Gasteiger partial charge in [-0.25, -0.2) is 13.4 Å². The molecular formula is C12H12ClN3O2S. The van der Waals surface area contributed by atoms with Gasteiger partial charge in [-0.2, -0.15) is 4.31 Å². The Kier molecular flexibility index (Phi) is 4.14. The second-order valence-corrected chi connectivity index (χ2v) is 6.29. The lowest BCUT2D eigenvalue weighted by atomic mass is 10.3. The van der Waals surface area contributed by atoms with E-state index in [2.05, 4.69) is 9.97 Å². The summed E-state index contributed by atoms with van der Waals surface area (Å²) in [4.78, 5) is 7.74. The molecule has 0 saturated carbocycles. The Morgan fingerprint density at radius 1 is 1.26 bits per heavy atom. The average Bonchev–Trinajstić information content (AvgIpc) is 2.40. The highest BCUT2D eigenvalue weighted by Gasteiger charge is 2.24. The molecule has 0 spiro atoms.